The number of alkyl halides is 3. The Morgan fingerprint density at radius 2 is 1.80 bits per heavy atom. The van der Waals surface area contributed by atoms with Crippen molar-refractivity contribution in [2.24, 2.45) is 11.8 Å². The van der Waals surface area contributed by atoms with Gasteiger partial charge in [-0.15, -0.1) is 0 Å². The van der Waals surface area contributed by atoms with Crippen molar-refractivity contribution in [3.05, 3.63) is 0 Å². The van der Waals surface area contributed by atoms with Gasteiger partial charge in [-0.25, -0.2) is 0 Å². The summed E-state index contributed by atoms with van der Waals surface area (Å²) < 4.78 is 37.8. The first kappa shape index (κ1) is 12.8. The van der Waals surface area contributed by atoms with E-state index in [1.807, 2.05) is 13.8 Å². The molecule has 0 bridgehead atoms. The average molecular weight is 224 g/mol. The fourth-order valence-corrected chi connectivity index (χ4v) is 2.30. The van der Waals surface area contributed by atoms with Gasteiger partial charge in [0.25, 0.3) is 0 Å². The van der Waals surface area contributed by atoms with Gasteiger partial charge < -0.3 is 5.11 Å². The first-order chi connectivity index (χ1) is 6.76. The fraction of sp³-hybridized carbons (Fsp3) is 1.00. The molecular weight excluding hydrogens is 205 g/mol. The van der Waals surface area contributed by atoms with E-state index >= 15 is 0 Å². The van der Waals surface area contributed by atoms with Gasteiger partial charge in [-0.3, -0.25) is 0 Å². The van der Waals surface area contributed by atoms with Crippen LogP contribution in [0.5, 0.6) is 0 Å². The van der Waals surface area contributed by atoms with Crippen LogP contribution in [-0.2, 0) is 0 Å². The molecule has 1 saturated carbocycles. The predicted molar refractivity (Wildman–Crippen MR) is 52.4 cm³/mol. The summed E-state index contributed by atoms with van der Waals surface area (Å²) in [5, 5.41) is 9.56. The Morgan fingerprint density at radius 3 is 2.27 bits per heavy atom. The molecule has 0 heterocycles. The topological polar surface area (TPSA) is 20.2 Å². The van der Waals surface area contributed by atoms with Crippen LogP contribution in [0.4, 0.5) is 13.2 Å². The summed E-state index contributed by atoms with van der Waals surface area (Å²) in [6.45, 7) is 4.06. The van der Waals surface area contributed by atoms with Gasteiger partial charge in [0.15, 0.2) is 5.60 Å². The third-order valence-corrected chi connectivity index (χ3v) is 3.56. The molecule has 1 aliphatic carbocycles. The van der Waals surface area contributed by atoms with E-state index in [0.717, 1.165) is 6.42 Å². The van der Waals surface area contributed by atoms with E-state index in [-0.39, 0.29) is 12.8 Å². The van der Waals surface area contributed by atoms with Crippen LogP contribution in [0.3, 0.4) is 0 Å². The zero-order valence-corrected chi connectivity index (χ0v) is 9.27. The van der Waals surface area contributed by atoms with Gasteiger partial charge in [0.2, 0.25) is 0 Å². The standard InChI is InChI=1S/C11H19F3O/c1-8(2)9-4-3-6-10(15,7-5-9)11(12,13)14/h8-9,15H,3-7H2,1-2H3. The number of halogens is 3. The summed E-state index contributed by atoms with van der Waals surface area (Å²) in [7, 11) is 0. The molecular formula is C11H19F3O. The van der Waals surface area contributed by atoms with Gasteiger partial charge in [-0.05, 0) is 37.5 Å². The largest absolute Gasteiger partial charge is 0.417 e. The van der Waals surface area contributed by atoms with Crippen LogP contribution in [0.2, 0.25) is 0 Å². The molecule has 0 radical (unpaired) electrons. The van der Waals surface area contributed by atoms with Crippen molar-refractivity contribution in [3.63, 3.8) is 0 Å². The lowest BCUT2D eigenvalue weighted by Crippen LogP contribution is -2.44. The SMILES string of the molecule is CC(C)C1CCCC(O)(C(F)(F)F)CC1. The maximum absolute atomic E-state index is 12.6. The molecule has 1 N–H and O–H groups in total. The van der Waals surface area contributed by atoms with Crippen molar-refractivity contribution < 1.29 is 18.3 Å². The Balaban J connectivity index is 2.67. The second-order valence-electron chi connectivity index (χ2n) is 4.96. The number of hydrogen-bond donors (Lipinski definition) is 1. The van der Waals surface area contributed by atoms with Crippen molar-refractivity contribution in [1.82, 2.24) is 0 Å². The lowest BCUT2D eigenvalue weighted by molar-refractivity contribution is -0.264. The molecule has 0 spiro atoms. The minimum Gasteiger partial charge on any atom is -0.380 e. The molecule has 0 amide bonds. The molecule has 1 aliphatic rings. The molecule has 1 fully saturated rings. The maximum Gasteiger partial charge on any atom is 0.417 e. The molecule has 0 aromatic rings. The summed E-state index contributed by atoms with van der Waals surface area (Å²) in [5.41, 5.74) is -2.43. The molecule has 4 heteroatoms. The van der Waals surface area contributed by atoms with Crippen LogP contribution >= 0.6 is 0 Å². The molecule has 2 unspecified atom stereocenters. The van der Waals surface area contributed by atoms with Crippen molar-refractivity contribution in [1.29, 1.82) is 0 Å². The van der Waals surface area contributed by atoms with Gasteiger partial charge in [-0.2, -0.15) is 13.2 Å². The van der Waals surface area contributed by atoms with Crippen molar-refractivity contribution >= 4 is 0 Å². The van der Waals surface area contributed by atoms with E-state index in [1.54, 1.807) is 0 Å². The fourth-order valence-electron chi connectivity index (χ4n) is 2.30. The van der Waals surface area contributed by atoms with Gasteiger partial charge in [0.1, 0.15) is 0 Å². The Labute approximate surface area is 88.7 Å². The monoisotopic (exact) mass is 224 g/mol. The normalized spacial score (nSPS) is 34.2. The zero-order valence-electron chi connectivity index (χ0n) is 9.27. The highest BCUT2D eigenvalue weighted by atomic mass is 19.4. The summed E-state index contributed by atoms with van der Waals surface area (Å²) in [6, 6.07) is 0. The zero-order chi connectivity index (χ0) is 11.7. The van der Waals surface area contributed by atoms with Crippen molar-refractivity contribution in [2.45, 2.75) is 57.7 Å². The summed E-state index contributed by atoms with van der Waals surface area (Å²) >= 11 is 0. The number of aliphatic hydroxyl groups is 1. The molecule has 1 nitrogen and oxygen atoms in total. The third-order valence-electron chi connectivity index (χ3n) is 3.56. The lowest BCUT2D eigenvalue weighted by atomic mass is 9.87. The highest BCUT2D eigenvalue weighted by molar-refractivity contribution is 4.89. The Kier molecular flexibility index (Phi) is 3.69. The van der Waals surface area contributed by atoms with Crippen LogP contribution in [0.25, 0.3) is 0 Å². The van der Waals surface area contributed by atoms with E-state index in [4.69, 9.17) is 0 Å². The van der Waals surface area contributed by atoms with Gasteiger partial charge in [0.05, 0.1) is 0 Å². The molecule has 15 heavy (non-hydrogen) atoms. The van der Waals surface area contributed by atoms with Crippen LogP contribution in [-0.4, -0.2) is 16.9 Å². The highest BCUT2D eigenvalue weighted by Gasteiger charge is 2.53. The molecule has 0 aliphatic heterocycles. The predicted octanol–water partition coefficient (Wildman–Crippen LogP) is 3.52. The van der Waals surface area contributed by atoms with E-state index in [9.17, 15) is 18.3 Å². The van der Waals surface area contributed by atoms with E-state index in [1.165, 1.54) is 0 Å². The quantitative estimate of drug-likeness (QED) is 0.676. The average Bonchev–Trinajstić information content (AvgIpc) is 2.26. The maximum atomic E-state index is 12.6. The van der Waals surface area contributed by atoms with Crippen LogP contribution in [0.1, 0.15) is 46.0 Å². The first-order valence-corrected chi connectivity index (χ1v) is 5.55. The smallest absolute Gasteiger partial charge is 0.380 e. The molecule has 1 rings (SSSR count). The third kappa shape index (κ3) is 2.86. The molecule has 2 atom stereocenters. The summed E-state index contributed by atoms with van der Waals surface area (Å²) in [5.74, 6) is 0.724. The van der Waals surface area contributed by atoms with E-state index in [2.05, 4.69) is 0 Å². The number of rotatable bonds is 1. The Morgan fingerprint density at radius 1 is 1.20 bits per heavy atom. The molecule has 0 aromatic carbocycles. The molecule has 90 valence electrons. The van der Waals surface area contributed by atoms with Gasteiger partial charge >= 0.3 is 6.18 Å². The van der Waals surface area contributed by atoms with Crippen molar-refractivity contribution in [3.8, 4) is 0 Å². The summed E-state index contributed by atoms with van der Waals surface area (Å²) in [4.78, 5) is 0. The number of hydrogen-bond acceptors (Lipinski definition) is 1. The minimum atomic E-state index is -4.47. The first-order valence-electron chi connectivity index (χ1n) is 5.55. The second-order valence-corrected chi connectivity index (χ2v) is 4.96. The van der Waals surface area contributed by atoms with Crippen molar-refractivity contribution in [2.75, 3.05) is 0 Å². The van der Waals surface area contributed by atoms with Gasteiger partial charge in [-0.1, -0.05) is 20.3 Å². The van der Waals surface area contributed by atoms with Crippen LogP contribution in [0.15, 0.2) is 0 Å². The Hall–Kier alpha value is -0.250. The van der Waals surface area contributed by atoms with Crippen LogP contribution in [0, 0.1) is 11.8 Å². The van der Waals surface area contributed by atoms with Gasteiger partial charge in [0, 0.05) is 0 Å². The lowest BCUT2D eigenvalue weighted by Gasteiger charge is -2.29. The summed E-state index contributed by atoms with van der Waals surface area (Å²) in [6.07, 6.45) is -3.00. The Bertz CT molecular complexity index is 212. The second kappa shape index (κ2) is 4.32. The highest BCUT2D eigenvalue weighted by Crippen LogP contribution is 2.42. The van der Waals surface area contributed by atoms with E-state index < -0.39 is 11.8 Å². The molecule has 0 aromatic heterocycles. The molecule has 0 saturated heterocycles. The van der Waals surface area contributed by atoms with Crippen LogP contribution < -0.4 is 0 Å². The van der Waals surface area contributed by atoms with E-state index in [0.29, 0.717) is 24.7 Å². The minimum absolute atomic E-state index is 0.139.